The summed E-state index contributed by atoms with van der Waals surface area (Å²) < 4.78 is 0. The minimum absolute atomic E-state index is 0.0268. The maximum absolute atomic E-state index is 11.5. The Balaban J connectivity index is 2.37. The first kappa shape index (κ1) is 13.0. The molecule has 5 nitrogen and oxygen atoms in total. The number of carbonyl (C=O) groups excluding carboxylic acids is 1. The van der Waals surface area contributed by atoms with Crippen LogP contribution in [0.15, 0.2) is 0 Å². The third kappa shape index (κ3) is 4.18. The summed E-state index contributed by atoms with van der Waals surface area (Å²) in [5, 5.41) is 11.8. The van der Waals surface area contributed by atoms with Crippen molar-refractivity contribution in [1.82, 2.24) is 10.2 Å². The van der Waals surface area contributed by atoms with E-state index in [1.54, 1.807) is 4.90 Å². The molecule has 0 aromatic rings. The minimum Gasteiger partial charge on any atom is -0.481 e. The first-order valence-corrected chi connectivity index (χ1v) is 5.66. The average Bonchev–Trinajstić information content (AvgIpc) is 2.16. The summed E-state index contributed by atoms with van der Waals surface area (Å²) in [7, 11) is 3.67. The van der Waals surface area contributed by atoms with E-state index >= 15 is 0 Å². The molecule has 1 amide bonds. The number of carbonyl (C=O) groups is 2. The van der Waals surface area contributed by atoms with E-state index in [0.29, 0.717) is 13.0 Å². The Morgan fingerprint density at radius 2 is 2.06 bits per heavy atom. The number of rotatable bonds is 4. The van der Waals surface area contributed by atoms with E-state index in [4.69, 9.17) is 5.11 Å². The number of carboxylic acid groups (broad SMARTS) is 1. The number of aliphatic carboxylic acids is 1. The molecule has 1 saturated carbocycles. The van der Waals surface area contributed by atoms with Crippen molar-refractivity contribution in [3.05, 3.63) is 0 Å². The van der Waals surface area contributed by atoms with E-state index in [-0.39, 0.29) is 17.9 Å². The van der Waals surface area contributed by atoms with Crippen LogP contribution in [0.1, 0.15) is 25.7 Å². The maximum Gasteiger partial charge on any atom is 0.306 e. The number of nitrogens with zero attached hydrogens (tertiary/aromatic N) is 1. The predicted octanol–water partition coefficient (Wildman–Crippen LogP) is 0.308. The van der Waals surface area contributed by atoms with Crippen molar-refractivity contribution in [3.63, 3.8) is 0 Å². The second kappa shape index (κ2) is 5.84. The molecular formula is C11H20N2O3. The smallest absolute Gasteiger partial charge is 0.306 e. The van der Waals surface area contributed by atoms with Crippen LogP contribution in [0, 0.1) is 5.92 Å². The molecule has 0 aliphatic heterocycles. The van der Waals surface area contributed by atoms with Gasteiger partial charge in [0.05, 0.1) is 12.5 Å². The molecule has 1 rings (SSSR count). The largest absolute Gasteiger partial charge is 0.481 e. The third-order valence-electron chi connectivity index (χ3n) is 2.85. The van der Waals surface area contributed by atoms with Crippen molar-refractivity contribution in [1.29, 1.82) is 0 Å². The molecule has 0 aromatic heterocycles. The van der Waals surface area contributed by atoms with Crippen LogP contribution in [-0.2, 0) is 9.59 Å². The SMILES string of the molecule is CN(C)CC(=O)NC1CCCC(C(=O)O)C1. The third-order valence-corrected chi connectivity index (χ3v) is 2.85. The molecule has 0 aromatic carbocycles. The topological polar surface area (TPSA) is 69.6 Å². The Morgan fingerprint density at radius 3 is 2.62 bits per heavy atom. The summed E-state index contributed by atoms with van der Waals surface area (Å²) in [5.74, 6) is -1.06. The van der Waals surface area contributed by atoms with Crippen LogP contribution < -0.4 is 5.32 Å². The normalized spacial score (nSPS) is 25.4. The average molecular weight is 228 g/mol. The van der Waals surface area contributed by atoms with Crippen LogP contribution in [0.5, 0.6) is 0 Å². The Kier molecular flexibility index (Phi) is 4.73. The Hall–Kier alpha value is -1.10. The minimum atomic E-state index is -0.744. The molecule has 1 aliphatic rings. The zero-order valence-electron chi connectivity index (χ0n) is 9.90. The summed E-state index contributed by atoms with van der Waals surface area (Å²) in [5.41, 5.74) is 0. The highest BCUT2D eigenvalue weighted by Gasteiger charge is 2.27. The highest BCUT2D eigenvalue weighted by atomic mass is 16.4. The highest BCUT2D eigenvalue weighted by Crippen LogP contribution is 2.24. The summed E-state index contributed by atoms with van der Waals surface area (Å²) in [6, 6.07) is 0.0299. The van der Waals surface area contributed by atoms with E-state index in [0.717, 1.165) is 19.3 Å². The molecule has 16 heavy (non-hydrogen) atoms. The van der Waals surface area contributed by atoms with Gasteiger partial charge in [-0.05, 0) is 33.4 Å². The molecule has 2 unspecified atom stereocenters. The molecule has 5 heteroatoms. The van der Waals surface area contributed by atoms with Gasteiger partial charge in [-0.1, -0.05) is 6.42 Å². The van der Waals surface area contributed by atoms with Gasteiger partial charge in [0.25, 0.3) is 0 Å². The van der Waals surface area contributed by atoms with E-state index in [9.17, 15) is 9.59 Å². The lowest BCUT2D eigenvalue weighted by Gasteiger charge is -2.27. The van der Waals surface area contributed by atoms with Gasteiger partial charge < -0.3 is 15.3 Å². The molecule has 0 radical (unpaired) electrons. The fourth-order valence-electron chi connectivity index (χ4n) is 2.11. The van der Waals surface area contributed by atoms with Gasteiger partial charge in [-0.3, -0.25) is 9.59 Å². The van der Waals surface area contributed by atoms with Gasteiger partial charge in [-0.25, -0.2) is 0 Å². The second-order valence-electron chi connectivity index (χ2n) is 4.70. The lowest BCUT2D eigenvalue weighted by atomic mass is 9.86. The fraction of sp³-hybridized carbons (Fsp3) is 0.818. The summed E-state index contributed by atoms with van der Waals surface area (Å²) in [6.45, 7) is 0.355. The zero-order chi connectivity index (χ0) is 12.1. The quantitative estimate of drug-likeness (QED) is 0.726. The second-order valence-corrected chi connectivity index (χ2v) is 4.70. The van der Waals surface area contributed by atoms with Gasteiger partial charge in [-0.2, -0.15) is 0 Å². The van der Waals surface area contributed by atoms with Crippen LogP contribution in [0.3, 0.4) is 0 Å². The van der Waals surface area contributed by atoms with Gasteiger partial charge >= 0.3 is 5.97 Å². The van der Waals surface area contributed by atoms with Gasteiger partial charge in [0.2, 0.25) is 5.91 Å². The predicted molar refractivity (Wildman–Crippen MR) is 60.1 cm³/mol. The van der Waals surface area contributed by atoms with Gasteiger partial charge in [0.15, 0.2) is 0 Å². The van der Waals surface area contributed by atoms with Crippen LogP contribution in [0.4, 0.5) is 0 Å². The fourth-order valence-corrected chi connectivity index (χ4v) is 2.11. The van der Waals surface area contributed by atoms with Crippen LogP contribution >= 0.6 is 0 Å². The molecule has 0 bridgehead atoms. The number of carboxylic acids is 1. The van der Waals surface area contributed by atoms with Crippen molar-refractivity contribution in [2.24, 2.45) is 5.92 Å². The van der Waals surface area contributed by atoms with Crippen molar-refractivity contribution in [2.45, 2.75) is 31.7 Å². The van der Waals surface area contributed by atoms with Crippen molar-refractivity contribution < 1.29 is 14.7 Å². The number of amides is 1. The highest BCUT2D eigenvalue weighted by molar-refractivity contribution is 5.78. The standard InChI is InChI=1S/C11H20N2O3/c1-13(2)7-10(14)12-9-5-3-4-8(6-9)11(15)16/h8-9H,3-7H2,1-2H3,(H,12,14)(H,15,16). The first-order chi connectivity index (χ1) is 7.49. The van der Waals surface area contributed by atoms with Gasteiger partial charge in [0, 0.05) is 6.04 Å². The van der Waals surface area contributed by atoms with E-state index in [1.807, 2.05) is 14.1 Å². The lowest BCUT2D eigenvalue weighted by Crippen LogP contribution is -2.43. The molecule has 2 N–H and O–H groups in total. The summed E-state index contributed by atoms with van der Waals surface area (Å²) in [6.07, 6.45) is 3.07. The number of hydrogen-bond acceptors (Lipinski definition) is 3. The maximum atomic E-state index is 11.5. The lowest BCUT2D eigenvalue weighted by molar-refractivity contribution is -0.143. The van der Waals surface area contributed by atoms with Crippen LogP contribution in [0.25, 0.3) is 0 Å². The van der Waals surface area contributed by atoms with Crippen molar-refractivity contribution in [3.8, 4) is 0 Å². The monoisotopic (exact) mass is 228 g/mol. The van der Waals surface area contributed by atoms with E-state index in [1.165, 1.54) is 0 Å². The van der Waals surface area contributed by atoms with Crippen LogP contribution in [-0.4, -0.2) is 48.6 Å². The Labute approximate surface area is 95.8 Å². The molecule has 1 aliphatic carbocycles. The van der Waals surface area contributed by atoms with Crippen LogP contribution in [0.2, 0.25) is 0 Å². The Bertz CT molecular complexity index is 266. The summed E-state index contributed by atoms with van der Waals surface area (Å²) in [4.78, 5) is 24.1. The first-order valence-electron chi connectivity index (χ1n) is 5.66. The summed E-state index contributed by atoms with van der Waals surface area (Å²) >= 11 is 0. The molecule has 2 atom stereocenters. The zero-order valence-corrected chi connectivity index (χ0v) is 9.90. The van der Waals surface area contributed by atoms with Crippen molar-refractivity contribution >= 4 is 11.9 Å². The molecular weight excluding hydrogens is 208 g/mol. The number of nitrogens with one attached hydrogen (secondary N) is 1. The van der Waals surface area contributed by atoms with Crippen molar-refractivity contribution in [2.75, 3.05) is 20.6 Å². The number of likely N-dealkylation sites (N-methyl/N-ethyl adjacent to an activating group) is 1. The molecule has 1 fully saturated rings. The molecule has 0 saturated heterocycles. The molecule has 0 spiro atoms. The number of hydrogen-bond donors (Lipinski definition) is 2. The van der Waals surface area contributed by atoms with E-state index in [2.05, 4.69) is 5.32 Å². The van der Waals surface area contributed by atoms with Gasteiger partial charge in [-0.15, -0.1) is 0 Å². The Morgan fingerprint density at radius 1 is 1.38 bits per heavy atom. The van der Waals surface area contributed by atoms with Gasteiger partial charge in [0.1, 0.15) is 0 Å². The molecule has 92 valence electrons. The molecule has 0 heterocycles. The van der Waals surface area contributed by atoms with E-state index < -0.39 is 5.97 Å².